The van der Waals surface area contributed by atoms with Crippen molar-refractivity contribution in [3.63, 3.8) is 0 Å². The summed E-state index contributed by atoms with van der Waals surface area (Å²) in [5, 5.41) is 9.44. The number of Topliss-reactive ketones (excluding diaryl/α,β-unsaturated/α-hetero) is 1. The van der Waals surface area contributed by atoms with Crippen molar-refractivity contribution < 1.29 is 4.79 Å². The molecule has 0 amide bonds. The first-order valence-electron chi connectivity index (χ1n) is 6.79. The molecule has 1 spiro atoms. The highest BCUT2D eigenvalue weighted by Gasteiger charge is 2.54. The van der Waals surface area contributed by atoms with Crippen LogP contribution >= 0.6 is 11.6 Å². The highest BCUT2D eigenvalue weighted by molar-refractivity contribution is 6.31. The summed E-state index contributed by atoms with van der Waals surface area (Å²) in [6.45, 7) is 0.578. The molecule has 2 aromatic heterocycles. The Labute approximate surface area is 131 Å². The third-order valence-corrected chi connectivity index (χ3v) is 4.54. The van der Waals surface area contributed by atoms with Gasteiger partial charge >= 0.3 is 0 Å². The van der Waals surface area contributed by atoms with Gasteiger partial charge < -0.3 is 4.90 Å². The molecule has 2 aromatic rings. The molecule has 0 N–H and O–H groups in total. The van der Waals surface area contributed by atoms with Crippen LogP contribution in [0.1, 0.15) is 24.0 Å². The molecule has 3 heterocycles. The van der Waals surface area contributed by atoms with E-state index in [0.717, 1.165) is 5.56 Å². The van der Waals surface area contributed by atoms with Crippen LogP contribution in [0.15, 0.2) is 24.7 Å². The number of nitriles is 1. The predicted molar refractivity (Wildman–Crippen MR) is 78.9 cm³/mol. The number of anilines is 2. The van der Waals surface area contributed by atoms with Gasteiger partial charge in [-0.2, -0.15) is 5.26 Å². The van der Waals surface area contributed by atoms with Crippen LogP contribution < -0.4 is 4.90 Å². The van der Waals surface area contributed by atoms with Gasteiger partial charge in [-0.3, -0.25) is 4.79 Å². The molecule has 0 radical (unpaired) electrons. The predicted octanol–water partition coefficient (Wildman–Crippen LogP) is 2.15. The van der Waals surface area contributed by atoms with Gasteiger partial charge in [0.25, 0.3) is 0 Å². The van der Waals surface area contributed by atoms with Crippen LogP contribution in [0.3, 0.4) is 0 Å². The van der Waals surface area contributed by atoms with Crippen molar-refractivity contribution in [2.45, 2.75) is 18.3 Å². The Bertz CT molecular complexity index is 836. The summed E-state index contributed by atoms with van der Waals surface area (Å²) in [7, 11) is 0. The number of carbonyl (C=O) groups excluding carboxylic acids is 1. The second-order valence-electron chi connectivity index (χ2n) is 5.64. The topological polar surface area (TPSA) is 82.8 Å². The van der Waals surface area contributed by atoms with Crippen LogP contribution in [-0.2, 0) is 10.2 Å². The molecular formula is C15H10ClN5O. The van der Waals surface area contributed by atoms with Gasteiger partial charge in [-0.05, 0) is 12.1 Å². The Morgan fingerprint density at radius 1 is 1.32 bits per heavy atom. The van der Waals surface area contributed by atoms with Gasteiger partial charge in [-0.1, -0.05) is 11.6 Å². The van der Waals surface area contributed by atoms with E-state index >= 15 is 0 Å². The minimum Gasteiger partial charge on any atom is -0.310 e. The van der Waals surface area contributed by atoms with Crippen LogP contribution in [-0.4, -0.2) is 27.3 Å². The Morgan fingerprint density at radius 3 is 2.86 bits per heavy atom. The molecule has 0 bridgehead atoms. The highest BCUT2D eigenvalue weighted by atomic mass is 35.5. The average Bonchev–Trinajstić information content (AvgIpc) is 2.84. The van der Waals surface area contributed by atoms with Crippen molar-refractivity contribution in [3.05, 3.63) is 40.9 Å². The SMILES string of the molecule is N#Cc1ccnc(N2CC3(CC(=O)C3)c3c(Cl)ncnc32)c1. The lowest BCUT2D eigenvalue weighted by Crippen LogP contribution is -2.44. The Kier molecular flexibility index (Phi) is 2.68. The molecule has 1 aliphatic heterocycles. The van der Waals surface area contributed by atoms with Gasteiger partial charge in [0, 0.05) is 36.6 Å². The second kappa shape index (κ2) is 4.49. The maximum Gasteiger partial charge on any atom is 0.142 e. The number of carbonyl (C=O) groups is 1. The number of nitrogens with zero attached hydrogens (tertiary/aromatic N) is 5. The van der Waals surface area contributed by atoms with Crippen LogP contribution in [0, 0.1) is 11.3 Å². The maximum atomic E-state index is 11.6. The van der Waals surface area contributed by atoms with Gasteiger partial charge in [-0.25, -0.2) is 15.0 Å². The zero-order valence-corrected chi connectivity index (χ0v) is 12.2. The fourth-order valence-corrected chi connectivity index (χ4v) is 3.62. The van der Waals surface area contributed by atoms with Gasteiger partial charge in [0.2, 0.25) is 0 Å². The van der Waals surface area contributed by atoms with Crippen molar-refractivity contribution in [2.24, 2.45) is 0 Å². The molecule has 1 saturated carbocycles. The van der Waals surface area contributed by atoms with Crippen molar-refractivity contribution >= 4 is 29.0 Å². The molecule has 22 heavy (non-hydrogen) atoms. The minimum absolute atomic E-state index is 0.214. The second-order valence-corrected chi connectivity index (χ2v) is 5.99. The third kappa shape index (κ3) is 1.72. The van der Waals surface area contributed by atoms with Crippen molar-refractivity contribution in [1.29, 1.82) is 5.26 Å². The highest BCUT2D eigenvalue weighted by Crippen LogP contribution is 2.53. The van der Waals surface area contributed by atoms with E-state index in [9.17, 15) is 4.79 Å². The summed E-state index contributed by atoms with van der Waals surface area (Å²) in [5.74, 6) is 1.52. The van der Waals surface area contributed by atoms with E-state index in [-0.39, 0.29) is 11.2 Å². The van der Waals surface area contributed by atoms with Crippen molar-refractivity contribution in [1.82, 2.24) is 15.0 Å². The zero-order chi connectivity index (χ0) is 15.3. The number of rotatable bonds is 1. The minimum atomic E-state index is -0.324. The largest absolute Gasteiger partial charge is 0.310 e. The number of halogens is 1. The summed E-state index contributed by atoms with van der Waals surface area (Å²) >= 11 is 6.26. The smallest absolute Gasteiger partial charge is 0.142 e. The number of ketones is 1. The number of hydrogen-bond donors (Lipinski definition) is 0. The molecule has 108 valence electrons. The van der Waals surface area contributed by atoms with Crippen molar-refractivity contribution in [3.8, 4) is 6.07 Å². The van der Waals surface area contributed by atoms with Crippen LogP contribution in [0.4, 0.5) is 11.6 Å². The summed E-state index contributed by atoms with van der Waals surface area (Å²) in [6, 6.07) is 5.46. The Morgan fingerprint density at radius 2 is 2.14 bits per heavy atom. The number of pyridine rings is 1. The Hall–Kier alpha value is -2.52. The molecular weight excluding hydrogens is 302 g/mol. The van der Waals surface area contributed by atoms with Gasteiger partial charge in [-0.15, -0.1) is 0 Å². The van der Waals surface area contributed by atoms with E-state index in [0.29, 0.717) is 41.7 Å². The van der Waals surface area contributed by atoms with E-state index in [2.05, 4.69) is 21.0 Å². The molecule has 6 nitrogen and oxygen atoms in total. The van der Waals surface area contributed by atoms with E-state index in [4.69, 9.17) is 16.9 Å². The Balaban J connectivity index is 1.85. The molecule has 0 unspecified atom stereocenters. The lowest BCUT2D eigenvalue weighted by molar-refractivity contribution is -0.127. The fourth-order valence-electron chi connectivity index (χ4n) is 3.29. The molecule has 2 aliphatic rings. The summed E-state index contributed by atoms with van der Waals surface area (Å²) in [6.07, 6.45) is 3.89. The maximum absolute atomic E-state index is 11.6. The van der Waals surface area contributed by atoms with Crippen LogP contribution in [0.5, 0.6) is 0 Å². The van der Waals surface area contributed by atoms with Gasteiger partial charge in [0.05, 0.1) is 11.6 Å². The van der Waals surface area contributed by atoms with E-state index in [1.807, 2.05) is 4.90 Å². The number of aromatic nitrogens is 3. The molecule has 7 heteroatoms. The molecule has 1 fully saturated rings. The molecule has 1 aliphatic carbocycles. The van der Waals surface area contributed by atoms with Crippen molar-refractivity contribution in [2.75, 3.05) is 11.4 Å². The number of fused-ring (bicyclic) bond motifs is 2. The standard InChI is InChI=1S/C15H10ClN5O/c16-13-12-14(20-8-19-13)21(7-15(12)4-10(22)5-15)11-3-9(6-17)1-2-18-11/h1-3,8H,4-5,7H2. The summed E-state index contributed by atoms with van der Waals surface area (Å²) in [5.41, 5.74) is 1.02. The van der Waals surface area contributed by atoms with E-state index in [1.54, 1.807) is 18.3 Å². The average molecular weight is 312 g/mol. The van der Waals surface area contributed by atoms with Crippen LogP contribution in [0.25, 0.3) is 0 Å². The lowest BCUT2D eigenvalue weighted by atomic mass is 9.65. The fraction of sp³-hybridized carbons (Fsp3) is 0.267. The normalized spacial score (nSPS) is 18.0. The lowest BCUT2D eigenvalue weighted by Gasteiger charge is -2.37. The molecule has 0 saturated heterocycles. The zero-order valence-electron chi connectivity index (χ0n) is 11.5. The third-order valence-electron chi connectivity index (χ3n) is 4.25. The van der Waals surface area contributed by atoms with Gasteiger partial charge in [0.15, 0.2) is 0 Å². The molecule has 0 atom stereocenters. The monoisotopic (exact) mass is 311 g/mol. The summed E-state index contributed by atoms with van der Waals surface area (Å²) < 4.78 is 0. The first-order valence-corrected chi connectivity index (χ1v) is 7.17. The molecule has 0 aromatic carbocycles. The first-order chi connectivity index (χ1) is 10.6. The van der Waals surface area contributed by atoms with Crippen LogP contribution in [0.2, 0.25) is 5.15 Å². The quantitative estimate of drug-likeness (QED) is 0.750. The van der Waals surface area contributed by atoms with Gasteiger partial charge in [0.1, 0.15) is 28.9 Å². The summed E-state index contributed by atoms with van der Waals surface area (Å²) in [4.78, 5) is 26.2. The molecule has 4 rings (SSSR count). The first kappa shape index (κ1) is 13.2. The van der Waals surface area contributed by atoms with E-state index in [1.165, 1.54) is 6.33 Å². The number of hydrogen-bond acceptors (Lipinski definition) is 6. The van der Waals surface area contributed by atoms with E-state index < -0.39 is 0 Å².